The lowest BCUT2D eigenvalue weighted by Gasteiger charge is -2.16. The molecule has 0 spiro atoms. The summed E-state index contributed by atoms with van der Waals surface area (Å²) in [6, 6.07) is 135. The fraction of sp³-hybridized carbons (Fsp3) is 0. The smallest absolute Gasteiger partial charge is 0.202 e. The SMILES string of the molecule is [C-]#[N+]c1c([N+]#[C-])c([N+]#[C-])c2cc3c4c5ccccc5ccc4c4nc5ccccc5n4c3cc2c1C#N.c1ccc2c(c1)ccc1c2c2c3ccccc3c3ccccc3c2n2c3ccccc3nc12.c1ccc2c(c1)ccc1c2c2c3ccccc3ccc2n2c3ccccc3nc12.c1ccc2c(c1)ccc1c2c2ccc3ccccc3c2n2c3ccccc3nc12. The minimum absolute atomic E-state index is 0.0725. The molecule has 12 heteroatoms. The Labute approximate surface area is 727 Å². The van der Waals surface area contributed by atoms with Crippen LogP contribution in [0.25, 0.3) is 265 Å². The van der Waals surface area contributed by atoms with Gasteiger partial charge in [0.2, 0.25) is 11.4 Å². The molecule has 0 aliphatic heterocycles. The zero-order valence-electron chi connectivity index (χ0n) is 68.2. The molecule has 0 atom stereocenters. The fourth-order valence-corrected chi connectivity index (χ4v) is 21.0. The third-order valence-electron chi connectivity index (χ3n) is 26.4. The predicted octanol–water partition coefficient (Wildman–Crippen LogP) is 31.1. The highest BCUT2D eigenvalue weighted by Gasteiger charge is 2.27. The van der Waals surface area contributed by atoms with Crippen LogP contribution in [0.4, 0.5) is 17.1 Å². The lowest BCUT2D eigenvalue weighted by atomic mass is 9.91. The van der Waals surface area contributed by atoms with Gasteiger partial charge in [-0.2, -0.15) is 5.26 Å². The summed E-state index contributed by atoms with van der Waals surface area (Å²) < 4.78 is 9.15. The molecule has 8 aromatic heterocycles. The summed E-state index contributed by atoms with van der Waals surface area (Å²) in [4.78, 5) is 30.9. The zero-order valence-corrected chi connectivity index (χ0v) is 68.2. The summed E-state index contributed by atoms with van der Waals surface area (Å²) in [5, 5.41) is 45.1. The molecule has 12 nitrogen and oxygen atoms in total. The van der Waals surface area contributed by atoms with Gasteiger partial charge in [0.05, 0.1) is 97.5 Å². The first-order chi connectivity index (χ1) is 63.4. The van der Waals surface area contributed by atoms with Crippen LogP contribution in [0, 0.1) is 31.0 Å². The monoisotopic (exact) mass is 1620 g/mol. The Morgan fingerprint density at radius 1 is 0.203 bits per heavy atom. The standard InChI is InChI=1S/C31H12N6.C31H18N2.2C27H16N2/c1-33-28-21-14-22-26(15-20(21)23(16-32)29(34-2)30(28)35-3)37-25-11-7-6-10-24(25)36-31(37)19-13-12-17-8-4-5-9-18(17)27(19)22;1-2-10-20-19(9-1)17-18-25-28(20)29-23-13-5-3-11-21(23)22-12-4-6-14-24(22)30(29)33-27-16-8-7-15-26(27)32-31(25)33;1-3-9-19-17(7-1)14-16-22-25(19)21-15-13-18-8-2-4-10-20(18)26(21)29-24-12-6-5-11-23(24)28-27(22)29;1-3-9-19-17(7-1)13-15-21-25(19)26-20-10-4-2-8-18(20)14-16-24(26)29-23-12-6-5-11-22(23)28-27(21)29/h4-15H;1-18H;2*1-16H. The van der Waals surface area contributed by atoms with Crippen LogP contribution in [-0.4, -0.2) is 37.5 Å². The molecule has 0 aliphatic carbocycles. The topological polar surface area (TPSA) is 106 Å². The molecule has 0 bridgehead atoms. The molecular weight excluding hydrogens is 1560 g/mol. The van der Waals surface area contributed by atoms with Crippen LogP contribution in [0.2, 0.25) is 0 Å². The van der Waals surface area contributed by atoms with E-state index in [2.05, 4.69) is 366 Å². The lowest BCUT2D eigenvalue weighted by Crippen LogP contribution is -1.95. The number of hydrogen-bond acceptors (Lipinski definition) is 5. The number of benzene rings is 21. The number of rotatable bonds is 0. The Kier molecular flexibility index (Phi) is 15.5. The molecule has 0 radical (unpaired) electrons. The summed E-state index contributed by atoms with van der Waals surface area (Å²) in [6.45, 7) is 23.2. The van der Waals surface area contributed by atoms with E-state index in [4.69, 9.17) is 39.7 Å². The van der Waals surface area contributed by atoms with Crippen LogP contribution >= 0.6 is 0 Å². The van der Waals surface area contributed by atoms with Crippen molar-refractivity contribution in [1.29, 1.82) is 5.26 Å². The second-order valence-electron chi connectivity index (χ2n) is 32.8. The van der Waals surface area contributed by atoms with E-state index in [1.807, 2.05) is 48.5 Å². The van der Waals surface area contributed by atoms with Crippen LogP contribution < -0.4 is 0 Å². The van der Waals surface area contributed by atoms with Crippen molar-refractivity contribution in [2.24, 2.45) is 0 Å². The third-order valence-corrected chi connectivity index (χ3v) is 26.4. The van der Waals surface area contributed by atoms with Crippen LogP contribution in [0.15, 0.2) is 376 Å². The average Bonchev–Trinajstić information content (AvgIpc) is 1.51. The second-order valence-corrected chi connectivity index (χ2v) is 32.8. The highest BCUT2D eigenvalue weighted by Crippen LogP contribution is 2.52. The lowest BCUT2D eigenvalue weighted by molar-refractivity contribution is 1.32. The molecule has 0 unspecified atom stereocenters. The third kappa shape index (κ3) is 10.2. The van der Waals surface area contributed by atoms with Gasteiger partial charge in [-0.3, -0.25) is 32.1 Å². The van der Waals surface area contributed by atoms with Crippen molar-refractivity contribution in [3.8, 4) is 6.07 Å². The second kappa shape index (κ2) is 27.7. The van der Waals surface area contributed by atoms with Crippen molar-refractivity contribution in [2.45, 2.75) is 0 Å². The number of nitrogens with zero attached hydrogens (tertiary/aromatic N) is 12. The Morgan fingerprint density at radius 3 is 0.984 bits per heavy atom. The molecule has 29 rings (SSSR count). The molecule has 128 heavy (non-hydrogen) atoms. The number of aromatic nitrogens is 8. The number of hydrogen-bond donors (Lipinski definition) is 0. The molecule has 0 N–H and O–H groups in total. The van der Waals surface area contributed by atoms with Crippen LogP contribution in [-0.2, 0) is 0 Å². The van der Waals surface area contributed by atoms with Crippen molar-refractivity contribution < 1.29 is 0 Å². The van der Waals surface area contributed by atoms with Gasteiger partial charge < -0.3 is 0 Å². The zero-order chi connectivity index (χ0) is 84.7. The summed E-state index contributed by atoms with van der Waals surface area (Å²) in [6.07, 6.45) is 0. The van der Waals surface area contributed by atoms with E-state index in [-0.39, 0.29) is 22.6 Å². The molecule has 8 heterocycles. The van der Waals surface area contributed by atoms with Crippen molar-refractivity contribution in [3.05, 3.63) is 416 Å². The predicted molar refractivity (Wildman–Crippen MR) is 532 cm³/mol. The van der Waals surface area contributed by atoms with Gasteiger partial charge in [-0.05, 0) is 171 Å². The highest BCUT2D eigenvalue weighted by atomic mass is 15.0. The van der Waals surface area contributed by atoms with Gasteiger partial charge in [0.25, 0.3) is 0 Å². The normalized spacial score (nSPS) is 11.9. The van der Waals surface area contributed by atoms with Crippen LogP contribution in [0.5, 0.6) is 0 Å². The molecule has 0 fully saturated rings. The van der Waals surface area contributed by atoms with Crippen molar-refractivity contribution in [3.63, 3.8) is 0 Å². The summed E-state index contributed by atoms with van der Waals surface area (Å²) in [5.74, 6) is 0. The Morgan fingerprint density at radius 2 is 0.523 bits per heavy atom. The van der Waals surface area contributed by atoms with E-state index in [0.717, 1.165) is 99.2 Å². The van der Waals surface area contributed by atoms with E-state index < -0.39 is 0 Å². The molecule has 586 valence electrons. The number of pyridine rings is 4. The Hall–Kier alpha value is -18.2. The summed E-state index contributed by atoms with van der Waals surface area (Å²) in [7, 11) is 0. The van der Waals surface area contributed by atoms with Gasteiger partial charge in [0, 0.05) is 75.4 Å². The van der Waals surface area contributed by atoms with E-state index >= 15 is 0 Å². The molecule has 0 aliphatic rings. The van der Waals surface area contributed by atoms with Gasteiger partial charge in [-0.15, -0.1) is 0 Å². The van der Waals surface area contributed by atoms with Gasteiger partial charge >= 0.3 is 0 Å². The van der Waals surface area contributed by atoms with Gasteiger partial charge in [0.15, 0.2) is 5.69 Å². The van der Waals surface area contributed by atoms with E-state index in [0.29, 0.717) is 10.8 Å². The van der Waals surface area contributed by atoms with Crippen LogP contribution in [0.1, 0.15) is 5.56 Å². The largest absolute Gasteiger partial charge is 0.292 e. The average molecular weight is 1620 g/mol. The van der Waals surface area contributed by atoms with E-state index in [1.54, 1.807) is 0 Å². The Balaban J connectivity index is 0.0000000907. The quantitative estimate of drug-likeness (QED) is 0.0854. The van der Waals surface area contributed by atoms with E-state index in [1.165, 1.54) is 140 Å². The van der Waals surface area contributed by atoms with E-state index in [9.17, 15) is 5.26 Å². The summed E-state index contributed by atoms with van der Waals surface area (Å²) in [5.41, 5.74) is 16.7. The number of para-hydroxylation sites is 8. The molecule has 29 aromatic rings. The first-order valence-corrected chi connectivity index (χ1v) is 42.6. The molecule has 0 saturated carbocycles. The maximum absolute atomic E-state index is 10.1. The number of fused-ring (bicyclic) bond motifs is 50. The van der Waals surface area contributed by atoms with Crippen molar-refractivity contribution in [1.82, 2.24) is 37.5 Å². The van der Waals surface area contributed by atoms with Gasteiger partial charge in [-0.1, -0.05) is 291 Å². The number of nitriles is 1. The molecule has 0 saturated heterocycles. The summed E-state index contributed by atoms with van der Waals surface area (Å²) >= 11 is 0. The fourth-order valence-electron chi connectivity index (χ4n) is 21.0. The van der Waals surface area contributed by atoms with Crippen molar-refractivity contribution >= 4 is 267 Å². The van der Waals surface area contributed by atoms with Crippen molar-refractivity contribution in [2.75, 3.05) is 0 Å². The first kappa shape index (κ1) is 71.5. The Bertz CT molecular complexity index is 10300. The minimum Gasteiger partial charge on any atom is -0.292 e. The van der Waals surface area contributed by atoms with Crippen LogP contribution in [0.3, 0.4) is 0 Å². The first-order valence-electron chi connectivity index (χ1n) is 42.6. The number of imidazole rings is 4. The van der Waals surface area contributed by atoms with Gasteiger partial charge in [0.1, 0.15) is 22.6 Å². The van der Waals surface area contributed by atoms with Gasteiger partial charge in [-0.25, -0.2) is 19.9 Å². The molecule has 0 amide bonds. The highest BCUT2D eigenvalue weighted by molar-refractivity contribution is 6.38. The molecular formula is C116H62N12. The maximum Gasteiger partial charge on any atom is 0.202 e. The molecule has 21 aromatic carbocycles. The maximum atomic E-state index is 10.1. The minimum atomic E-state index is -0.0756.